The third-order valence-electron chi connectivity index (χ3n) is 3.53. The van der Waals surface area contributed by atoms with Crippen LogP contribution in [0.15, 0.2) is 23.1 Å². The number of carbonyl (C=O) groups is 1. The van der Waals surface area contributed by atoms with Crippen LogP contribution in [0.4, 0.5) is 0 Å². The van der Waals surface area contributed by atoms with Gasteiger partial charge in [0.2, 0.25) is 5.91 Å². The number of sulfone groups is 1. The highest BCUT2D eigenvalue weighted by molar-refractivity contribution is 7.91. The molecule has 4 nitrogen and oxygen atoms in total. The normalized spacial score (nSPS) is 16.4. The van der Waals surface area contributed by atoms with Crippen LogP contribution in [0.2, 0.25) is 0 Å². The van der Waals surface area contributed by atoms with Crippen molar-refractivity contribution in [2.75, 3.05) is 12.3 Å². The minimum Gasteiger partial charge on any atom is -0.356 e. The highest BCUT2D eigenvalue weighted by atomic mass is 32.2. The lowest BCUT2D eigenvalue weighted by atomic mass is 10.0. The molecule has 1 aromatic rings. The van der Waals surface area contributed by atoms with E-state index in [-0.39, 0.29) is 11.7 Å². The van der Waals surface area contributed by atoms with E-state index in [2.05, 4.69) is 5.32 Å². The zero-order chi connectivity index (χ0) is 14.6. The summed E-state index contributed by atoms with van der Waals surface area (Å²) in [6.07, 6.45) is 3.67. The molecule has 0 spiro atoms. The Balaban J connectivity index is 2.00. The highest BCUT2D eigenvalue weighted by Crippen LogP contribution is 2.25. The fraction of sp³-hybridized carbons (Fsp3) is 0.533. The molecular weight excluding hydrogens is 274 g/mol. The van der Waals surface area contributed by atoms with Gasteiger partial charge in [-0.25, -0.2) is 8.42 Å². The summed E-state index contributed by atoms with van der Waals surface area (Å²) < 4.78 is 23.8. The average molecular weight is 295 g/mol. The van der Waals surface area contributed by atoms with Crippen molar-refractivity contribution in [1.82, 2.24) is 5.32 Å². The second-order valence-corrected chi connectivity index (χ2v) is 7.29. The second kappa shape index (κ2) is 6.39. The topological polar surface area (TPSA) is 63.2 Å². The van der Waals surface area contributed by atoms with Crippen molar-refractivity contribution in [2.24, 2.45) is 0 Å². The first-order chi connectivity index (χ1) is 9.53. The quantitative estimate of drug-likeness (QED) is 0.902. The molecule has 110 valence electrons. The van der Waals surface area contributed by atoms with E-state index in [1.807, 2.05) is 19.1 Å². The average Bonchev–Trinajstić information content (AvgIpc) is 2.38. The monoisotopic (exact) mass is 295 g/mol. The Morgan fingerprint density at radius 3 is 2.90 bits per heavy atom. The fourth-order valence-corrected chi connectivity index (χ4v) is 4.09. The van der Waals surface area contributed by atoms with Gasteiger partial charge in [-0.15, -0.1) is 0 Å². The second-order valence-electron chi connectivity index (χ2n) is 5.21. The van der Waals surface area contributed by atoms with E-state index in [0.717, 1.165) is 30.4 Å². The molecule has 2 rings (SSSR count). The molecular formula is C15H21NO3S. The van der Waals surface area contributed by atoms with Crippen LogP contribution in [0.25, 0.3) is 0 Å². The molecule has 1 amide bonds. The Kier molecular flexibility index (Phi) is 4.81. The third-order valence-corrected chi connectivity index (χ3v) is 5.43. The van der Waals surface area contributed by atoms with Gasteiger partial charge in [0.1, 0.15) is 0 Å². The van der Waals surface area contributed by atoms with E-state index < -0.39 is 9.84 Å². The molecule has 1 aromatic carbocycles. The van der Waals surface area contributed by atoms with Gasteiger partial charge in [-0.05, 0) is 42.9 Å². The van der Waals surface area contributed by atoms with E-state index in [4.69, 9.17) is 0 Å². The van der Waals surface area contributed by atoms with Crippen LogP contribution in [0, 0.1) is 0 Å². The van der Waals surface area contributed by atoms with Gasteiger partial charge in [0, 0.05) is 13.0 Å². The molecule has 1 aliphatic rings. The maximum absolute atomic E-state index is 11.9. The van der Waals surface area contributed by atoms with Crippen LogP contribution in [-0.4, -0.2) is 26.6 Å². The molecule has 0 aliphatic carbocycles. The number of aryl methyl sites for hydroxylation is 1. The summed E-state index contributed by atoms with van der Waals surface area (Å²) >= 11 is 0. The fourth-order valence-electron chi connectivity index (χ4n) is 2.51. The number of nitrogens with one attached hydrogen (secondary N) is 1. The van der Waals surface area contributed by atoms with Crippen LogP contribution in [0.5, 0.6) is 0 Å². The predicted molar refractivity (Wildman–Crippen MR) is 78.4 cm³/mol. The van der Waals surface area contributed by atoms with Crippen LogP contribution < -0.4 is 5.32 Å². The highest BCUT2D eigenvalue weighted by Gasteiger charge is 2.23. The zero-order valence-electron chi connectivity index (χ0n) is 11.8. The molecule has 0 unspecified atom stereocenters. The molecule has 0 bridgehead atoms. The van der Waals surface area contributed by atoms with Gasteiger partial charge in [-0.3, -0.25) is 4.79 Å². The number of fused-ring (bicyclic) bond motifs is 1. The van der Waals surface area contributed by atoms with E-state index in [1.54, 1.807) is 6.07 Å². The number of rotatable bonds is 5. The lowest BCUT2D eigenvalue weighted by Crippen LogP contribution is -2.25. The number of hydrogen-bond acceptors (Lipinski definition) is 3. The van der Waals surface area contributed by atoms with Crippen molar-refractivity contribution in [1.29, 1.82) is 0 Å². The first-order valence-electron chi connectivity index (χ1n) is 7.14. The Morgan fingerprint density at radius 2 is 2.15 bits per heavy atom. The lowest BCUT2D eigenvalue weighted by molar-refractivity contribution is -0.121. The standard InChI is InChI=1S/C15H21NO3S/c1-2-4-15(17)16-9-8-12-6-7-14-13(11-12)5-3-10-20(14,18)19/h6-7,11H,2-5,8-10H2,1H3,(H,16,17). The predicted octanol–water partition coefficient (Wildman–Crippen LogP) is 1.87. The minimum absolute atomic E-state index is 0.0769. The van der Waals surface area contributed by atoms with Crippen molar-refractivity contribution in [3.05, 3.63) is 29.3 Å². The van der Waals surface area contributed by atoms with Gasteiger partial charge in [0.25, 0.3) is 0 Å². The van der Waals surface area contributed by atoms with E-state index in [1.165, 1.54) is 0 Å². The third kappa shape index (κ3) is 3.60. The molecule has 0 radical (unpaired) electrons. The molecule has 5 heteroatoms. The SMILES string of the molecule is CCCC(=O)NCCc1ccc2c(c1)CCCS2(=O)=O. The summed E-state index contributed by atoms with van der Waals surface area (Å²) in [7, 11) is -3.07. The summed E-state index contributed by atoms with van der Waals surface area (Å²) in [6.45, 7) is 2.58. The largest absolute Gasteiger partial charge is 0.356 e. The van der Waals surface area contributed by atoms with Gasteiger partial charge in [0.15, 0.2) is 9.84 Å². The van der Waals surface area contributed by atoms with Crippen molar-refractivity contribution in [2.45, 2.75) is 43.9 Å². The molecule has 1 N–H and O–H groups in total. The van der Waals surface area contributed by atoms with Gasteiger partial charge in [-0.2, -0.15) is 0 Å². The number of benzene rings is 1. The van der Waals surface area contributed by atoms with E-state index in [9.17, 15) is 13.2 Å². The smallest absolute Gasteiger partial charge is 0.219 e. The molecule has 0 fully saturated rings. The molecule has 0 saturated carbocycles. The zero-order valence-corrected chi connectivity index (χ0v) is 12.6. The molecule has 1 aliphatic heterocycles. The molecule has 0 aromatic heterocycles. The first-order valence-corrected chi connectivity index (χ1v) is 8.79. The summed E-state index contributed by atoms with van der Waals surface area (Å²) in [5.41, 5.74) is 2.01. The van der Waals surface area contributed by atoms with Crippen molar-refractivity contribution >= 4 is 15.7 Å². The van der Waals surface area contributed by atoms with Gasteiger partial charge in [-0.1, -0.05) is 19.1 Å². The number of hydrogen-bond donors (Lipinski definition) is 1. The van der Waals surface area contributed by atoms with Gasteiger partial charge in [0.05, 0.1) is 10.6 Å². The Bertz CT molecular complexity index is 593. The Labute approximate surface area is 120 Å². The Hall–Kier alpha value is -1.36. The lowest BCUT2D eigenvalue weighted by Gasteiger charge is -2.17. The van der Waals surface area contributed by atoms with Crippen molar-refractivity contribution in [3.63, 3.8) is 0 Å². The Morgan fingerprint density at radius 1 is 1.35 bits per heavy atom. The van der Waals surface area contributed by atoms with Gasteiger partial charge < -0.3 is 5.32 Å². The van der Waals surface area contributed by atoms with Crippen molar-refractivity contribution < 1.29 is 13.2 Å². The van der Waals surface area contributed by atoms with Crippen LogP contribution in [0.3, 0.4) is 0 Å². The van der Waals surface area contributed by atoms with Crippen LogP contribution in [-0.2, 0) is 27.5 Å². The summed E-state index contributed by atoms with van der Waals surface area (Å²) in [4.78, 5) is 11.8. The molecule has 0 atom stereocenters. The maximum Gasteiger partial charge on any atom is 0.219 e. The van der Waals surface area contributed by atoms with Crippen molar-refractivity contribution in [3.8, 4) is 0 Å². The first kappa shape index (κ1) is 15.0. The number of carbonyl (C=O) groups excluding carboxylic acids is 1. The van der Waals surface area contributed by atoms with Crippen LogP contribution >= 0.6 is 0 Å². The summed E-state index contributed by atoms with van der Waals surface area (Å²) in [5.74, 6) is 0.333. The van der Waals surface area contributed by atoms with Crippen LogP contribution in [0.1, 0.15) is 37.3 Å². The molecule has 20 heavy (non-hydrogen) atoms. The summed E-state index contributed by atoms with van der Waals surface area (Å²) in [5, 5.41) is 2.87. The summed E-state index contributed by atoms with van der Waals surface area (Å²) in [6, 6.07) is 5.54. The van der Waals surface area contributed by atoms with E-state index >= 15 is 0 Å². The minimum atomic E-state index is -3.07. The van der Waals surface area contributed by atoms with E-state index in [0.29, 0.717) is 24.3 Å². The number of amides is 1. The molecule has 1 heterocycles. The molecule has 0 saturated heterocycles. The van der Waals surface area contributed by atoms with Gasteiger partial charge >= 0.3 is 0 Å². The maximum atomic E-state index is 11.9.